The Morgan fingerprint density at radius 3 is 2.67 bits per heavy atom. The van der Waals surface area contributed by atoms with Crippen LogP contribution in [0.15, 0.2) is 53.2 Å². The van der Waals surface area contributed by atoms with Crippen molar-refractivity contribution in [3.05, 3.63) is 60.0 Å². The summed E-state index contributed by atoms with van der Waals surface area (Å²) >= 11 is 0. The number of nitrogens with zero attached hydrogens (tertiary/aromatic N) is 4. The minimum atomic E-state index is 0.162. The van der Waals surface area contributed by atoms with E-state index in [1.165, 1.54) is 24.8 Å². The number of nitriles is 1. The van der Waals surface area contributed by atoms with Gasteiger partial charge in [-0.05, 0) is 55.8 Å². The minimum Gasteiger partial charge on any atom is -0.497 e. The molecule has 3 heterocycles. The Kier molecular flexibility index (Phi) is 6.26. The largest absolute Gasteiger partial charge is 0.497 e. The number of oxazole rings is 1. The first kappa shape index (κ1) is 19.9. The van der Waals surface area contributed by atoms with Crippen molar-refractivity contribution in [2.24, 2.45) is 0 Å². The first-order valence-electron chi connectivity index (χ1n) is 10.2. The number of hydrogen-bond donors (Lipinski definition) is 1. The molecular weight excluding hydrogens is 378 g/mol. The Balaban J connectivity index is 1.56. The molecule has 7 nitrogen and oxygen atoms in total. The number of hydrogen-bond acceptors (Lipinski definition) is 7. The molecule has 3 aromatic rings. The lowest BCUT2D eigenvalue weighted by Gasteiger charge is -2.35. The smallest absolute Gasteiger partial charge is 0.232 e. The van der Waals surface area contributed by atoms with E-state index in [9.17, 15) is 5.26 Å². The van der Waals surface area contributed by atoms with E-state index < -0.39 is 0 Å². The third-order valence-corrected chi connectivity index (χ3v) is 5.43. The van der Waals surface area contributed by atoms with Crippen LogP contribution < -0.4 is 10.1 Å². The molecule has 2 aromatic heterocycles. The van der Waals surface area contributed by atoms with Crippen LogP contribution in [0.2, 0.25) is 0 Å². The Bertz CT molecular complexity index is 989. The highest BCUT2D eigenvalue weighted by molar-refractivity contribution is 5.57. The van der Waals surface area contributed by atoms with Crippen LogP contribution in [0, 0.1) is 11.3 Å². The van der Waals surface area contributed by atoms with Gasteiger partial charge < -0.3 is 14.5 Å². The van der Waals surface area contributed by atoms with E-state index in [0.717, 1.165) is 24.4 Å². The molecule has 1 fully saturated rings. The summed E-state index contributed by atoms with van der Waals surface area (Å²) in [6, 6.07) is 14.1. The molecule has 30 heavy (non-hydrogen) atoms. The van der Waals surface area contributed by atoms with Crippen molar-refractivity contribution in [1.29, 1.82) is 5.26 Å². The molecular formula is C23H25N5O2. The van der Waals surface area contributed by atoms with Gasteiger partial charge in [-0.25, -0.2) is 0 Å². The normalized spacial score (nSPS) is 15.3. The molecule has 4 rings (SSSR count). The number of aromatic nitrogens is 2. The SMILES string of the molecule is COc1ccc(C(CNc2oc(-c3cccnc3)nc2C#N)N2CCCCC2)cc1. The zero-order valence-electron chi connectivity index (χ0n) is 17.0. The maximum Gasteiger partial charge on any atom is 0.232 e. The Morgan fingerprint density at radius 1 is 1.20 bits per heavy atom. The summed E-state index contributed by atoms with van der Waals surface area (Å²) in [5, 5.41) is 12.8. The molecule has 0 bridgehead atoms. The van der Waals surface area contributed by atoms with Crippen LogP contribution in [0.1, 0.15) is 36.6 Å². The second-order valence-corrected chi connectivity index (χ2v) is 7.32. The van der Waals surface area contributed by atoms with Crippen LogP contribution in [0.5, 0.6) is 5.75 Å². The average Bonchev–Trinajstić information content (AvgIpc) is 3.24. The van der Waals surface area contributed by atoms with Gasteiger partial charge in [0.15, 0.2) is 0 Å². The molecule has 1 aliphatic rings. The minimum absolute atomic E-state index is 0.162. The van der Waals surface area contributed by atoms with Gasteiger partial charge >= 0.3 is 0 Å². The summed E-state index contributed by atoms with van der Waals surface area (Å²) in [7, 11) is 1.67. The number of pyridine rings is 1. The van der Waals surface area contributed by atoms with Crippen molar-refractivity contribution in [3.8, 4) is 23.3 Å². The van der Waals surface area contributed by atoms with Crippen molar-refractivity contribution >= 4 is 5.88 Å². The summed E-state index contributed by atoms with van der Waals surface area (Å²) < 4.78 is 11.2. The molecule has 1 N–H and O–H groups in total. The van der Waals surface area contributed by atoms with E-state index in [1.807, 2.05) is 24.3 Å². The van der Waals surface area contributed by atoms with E-state index in [1.54, 1.807) is 19.5 Å². The Hall–Kier alpha value is -3.37. The summed E-state index contributed by atoms with van der Waals surface area (Å²) in [5.74, 6) is 1.63. The fourth-order valence-corrected chi connectivity index (χ4v) is 3.83. The summed E-state index contributed by atoms with van der Waals surface area (Å²) in [6.45, 7) is 2.73. The van der Waals surface area contributed by atoms with E-state index >= 15 is 0 Å². The van der Waals surface area contributed by atoms with Crippen LogP contribution in [0.25, 0.3) is 11.5 Å². The van der Waals surface area contributed by atoms with E-state index in [4.69, 9.17) is 9.15 Å². The maximum atomic E-state index is 9.51. The zero-order chi connectivity index (χ0) is 20.8. The van der Waals surface area contributed by atoms with Crippen molar-refractivity contribution < 1.29 is 9.15 Å². The Labute approximate surface area is 176 Å². The molecule has 0 spiro atoms. The number of likely N-dealkylation sites (tertiary alicyclic amines) is 1. The van der Waals surface area contributed by atoms with Gasteiger partial charge in [0, 0.05) is 18.9 Å². The topological polar surface area (TPSA) is 87.2 Å². The number of ether oxygens (including phenoxy) is 1. The van der Waals surface area contributed by atoms with Crippen LogP contribution in [-0.2, 0) is 0 Å². The van der Waals surface area contributed by atoms with Gasteiger partial charge in [0.05, 0.1) is 18.7 Å². The van der Waals surface area contributed by atoms with Crippen LogP contribution in [0.4, 0.5) is 5.88 Å². The molecule has 0 saturated carbocycles. The van der Waals surface area contributed by atoms with Gasteiger partial charge in [-0.3, -0.25) is 9.88 Å². The average molecular weight is 403 g/mol. The fraction of sp³-hybridized carbons (Fsp3) is 0.348. The summed E-state index contributed by atoms with van der Waals surface area (Å²) in [4.78, 5) is 10.9. The van der Waals surface area contributed by atoms with Gasteiger partial charge in [-0.2, -0.15) is 10.2 Å². The molecule has 1 aromatic carbocycles. The van der Waals surface area contributed by atoms with Crippen molar-refractivity contribution in [2.75, 3.05) is 32.1 Å². The molecule has 0 radical (unpaired) electrons. The molecule has 7 heteroatoms. The highest BCUT2D eigenvalue weighted by Crippen LogP contribution is 2.29. The maximum absolute atomic E-state index is 9.51. The summed E-state index contributed by atoms with van der Waals surface area (Å²) in [6.07, 6.45) is 7.03. The summed E-state index contributed by atoms with van der Waals surface area (Å²) in [5.41, 5.74) is 2.20. The quantitative estimate of drug-likeness (QED) is 0.631. The first-order valence-corrected chi connectivity index (χ1v) is 10.2. The van der Waals surface area contributed by atoms with Crippen LogP contribution in [-0.4, -0.2) is 41.6 Å². The highest BCUT2D eigenvalue weighted by atomic mass is 16.5. The zero-order valence-corrected chi connectivity index (χ0v) is 17.0. The van der Waals surface area contributed by atoms with Gasteiger partial charge in [-0.15, -0.1) is 0 Å². The predicted molar refractivity (Wildman–Crippen MR) is 114 cm³/mol. The molecule has 1 unspecified atom stereocenters. The van der Waals surface area contributed by atoms with Crippen molar-refractivity contribution in [1.82, 2.24) is 14.9 Å². The molecule has 154 valence electrons. The van der Waals surface area contributed by atoms with E-state index in [0.29, 0.717) is 18.3 Å². The monoisotopic (exact) mass is 403 g/mol. The molecule has 1 saturated heterocycles. The Morgan fingerprint density at radius 2 is 2.00 bits per heavy atom. The van der Waals surface area contributed by atoms with E-state index in [2.05, 4.69) is 38.4 Å². The third-order valence-electron chi connectivity index (χ3n) is 5.43. The molecule has 0 amide bonds. The van der Waals surface area contributed by atoms with Crippen molar-refractivity contribution in [3.63, 3.8) is 0 Å². The number of piperidine rings is 1. The first-order chi connectivity index (χ1) is 14.8. The number of nitrogens with one attached hydrogen (secondary N) is 1. The van der Waals surface area contributed by atoms with Crippen LogP contribution >= 0.6 is 0 Å². The second kappa shape index (κ2) is 9.42. The standard InChI is InChI=1S/C23H25N5O2/c1-29-19-9-7-17(8-10-19)21(28-12-3-2-4-13-28)16-26-23-20(14-24)27-22(30-23)18-6-5-11-25-15-18/h5-11,15,21,26H,2-4,12-13,16H2,1H3. The lowest BCUT2D eigenvalue weighted by molar-refractivity contribution is 0.170. The van der Waals surface area contributed by atoms with Gasteiger partial charge in [-0.1, -0.05) is 18.6 Å². The van der Waals surface area contributed by atoms with Crippen LogP contribution in [0.3, 0.4) is 0 Å². The predicted octanol–water partition coefficient (Wildman–Crippen LogP) is 4.26. The second-order valence-electron chi connectivity index (χ2n) is 7.32. The van der Waals surface area contributed by atoms with Gasteiger partial charge in [0.2, 0.25) is 17.5 Å². The molecule has 0 aliphatic carbocycles. The van der Waals surface area contributed by atoms with Gasteiger partial charge in [0.25, 0.3) is 0 Å². The number of rotatable bonds is 7. The number of benzene rings is 1. The van der Waals surface area contributed by atoms with E-state index in [-0.39, 0.29) is 11.7 Å². The number of methoxy groups -OCH3 is 1. The lowest BCUT2D eigenvalue weighted by Crippen LogP contribution is -2.37. The fourth-order valence-electron chi connectivity index (χ4n) is 3.83. The lowest BCUT2D eigenvalue weighted by atomic mass is 10.0. The molecule has 1 aliphatic heterocycles. The van der Waals surface area contributed by atoms with Gasteiger partial charge in [0.1, 0.15) is 11.8 Å². The molecule has 1 atom stereocenters. The van der Waals surface area contributed by atoms with Crippen molar-refractivity contribution in [2.45, 2.75) is 25.3 Å². The third kappa shape index (κ3) is 4.44. The highest BCUT2D eigenvalue weighted by Gasteiger charge is 2.24. The number of anilines is 1.